The number of rotatable bonds is 2. The summed E-state index contributed by atoms with van der Waals surface area (Å²) in [6, 6.07) is 5.92. The van der Waals surface area contributed by atoms with Crippen LogP contribution in [-0.2, 0) is 22.7 Å². The second-order valence-corrected chi connectivity index (χ2v) is 7.70. The van der Waals surface area contributed by atoms with Crippen LogP contribution in [0.4, 0.5) is 0 Å². The van der Waals surface area contributed by atoms with Crippen molar-refractivity contribution in [1.29, 1.82) is 0 Å². The number of hydrogen-bond donors (Lipinski definition) is 0. The molecule has 0 aromatic heterocycles. The minimum Gasteiger partial charge on any atom is -0.223 e. The third kappa shape index (κ3) is 2.05. The van der Waals surface area contributed by atoms with Crippen molar-refractivity contribution in [1.82, 2.24) is 0 Å². The lowest BCUT2D eigenvalue weighted by Gasteiger charge is -2.32. The molecule has 0 amide bonds. The molecule has 0 radical (unpaired) electrons. The van der Waals surface area contributed by atoms with Crippen LogP contribution >= 0.6 is 0 Å². The molecule has 2 aliphatic rings. The highest BCUT2D eigenvalue weighted by atomic mass is 32.2. The molecule has 0 saturated heterocycles. The molecule has 1 aliphatic heterocycles. The first kappa shape index (κ1) is 13.6. The molecule has 3 heteroatoms. The SMILES string of the molecule is CCC1=CC2C(C=C1)Cc1ccc(CC)cc1S2(=O)=O. The molecule has 2 atom stereocenters. The molecule has 1 aromatic carbocycles. The van der Waals surface area contributed by atoms with Gasteiger partial charge in [-0.1, -0.05) is 49.8 Å². The van der Waals surface area contributed by atoms with E-state index in [0.29, 0.717) is 4.90 Å². The third-order valence-electron chi connectivity index (χ3n) is 4.43. The maximum absolute atomic E-state index is 12.9. The fourth-order valence-electron chi connectivity index (χ4n) is 3.14. The van der Waals surface area contributed by atoms with Gasteiger partial charge in [0.25, 0.3) is 0 Å². The maximum atomic E-state index is 12.9. The number of aryl methyl sites for hydroxylation is 1. The molecule has 3 rings (SSSR count). The van der Waals surface area contributed by atoms with Crippen LogP contribution in [0.25, 0.3) is 0 Å². The lowest BCUT2D eigenvalue weighted by molar-refractivity contribution is 0.540. The van der Waals surface area contributed by atoms with Gasteiger partial charge in [0, 0.05) is 5.92 Å². The van der Waals surface area contributed by atoms with Crippen molar-refractivity contribution >= 4 is 9.84 Å². The Kier molecular flexibility index (Phi) is 3.33. The van der Waals surface area contributed by atoms with Gasteiger partial charge >= 0.3 is 0 Å². The molecular formula is C17H20O2S. The lowest BCUT2D eigenvalue weighted by Crippen LogP contribution is -2.35. The second-order valence-electron chi connectivity index (χ2n) is 5.63. The Morgan fingerprint density at radius 3 is 2.70 bits per heavy atom. The summed E-state index contributed by atoms with van der Waals surface area (Å²) in [4.78, 5) is 0.556. The molecule has 1 aromatic rings. The van der Waals surface area contributed by atoms with E-state index in [1.807, 2.05) is 18.2 Å². The summed E-state index contributed by atoms with van der Waals surface area (Å²) < 4.78 is 25.8. The maximum Gasteiger partial charge on any atom is 0.185 e. The average Bonchev–Trinajstić information content (AvgIpc) is 2.47. The molecule has 106 valence electrons. The zero-order chi connectivity index (χ0) is 14.3. The van der Waals surface area contributed by atoms with Crippen molar-refractivity contribution in [3.05, 3.63) is 53.1 Å². The van der Waals surface area contributed by atoms with Crippen LogP contribution < -0.4 is 0 Å². The molecule has 0 N–H and O–H groups in total. The Morgan fingerprint density at radius 2 is 2.00 bits per heavy atom. The van der Waals surface area contributed by atoms with Crippen LogP contribution in [0.1, 0.15) is 31.4 Å². The Labute approximate surface area is 121 Å². The molecular weight excluding hydrogens is 268 g/mol. The van der Waals surface area contributed by atoms with Gasteiger partial charge in [-0.05, 0) is 36.5 Å². The standard InChI is InChI=1S/C17H20O2S/c1-3-12-5-7-14-11-15-8-6-13(4-2)10-17(15)20(18,19)16(14)9-12/h5-10,14,16H,3-4,11H2,1-2H3. The molecule has 0 saturated carbocycles. The predicted molar refractivity (Wildman–Crippen MR) is 81.5 cm³/mol. The van der Waals surface area contributed by atoms with Gasteiger partial charge < -0.3 is 0 Å². The fraction of sp³-hybridized carbons (Fsp3) is 0.412. The van der Waals surface area contributed by atoms with Crippen molar-refractivity contribution in [3.8, 4) is 0 Å². The second kappa shape index (κ2) is 4.88. The van der Waals surface area contributed by atoms with Crippen LogP contribution in [0.5, 0.6) is 0 Å². The van der Waals surface area contributed by atoms with E-state index in [1.165, 1.54) is 0 Å². The minimum atomic E-state index is -3.25. The summed E-state index contributed by atoms with van der Waals surface area (Å²) in [6.07, 6.45) is 8.71. The number of hydrogen-bond acceptors (Lipinski definition) is 2. The van der Waals surface area contributed by atoms with Crippen molar-refractivity contribution in [3.63, 3.8) is 0 Å². The van der Waals surface area contributed by atoms with Gasteiger partial charge in [0.05, 0.1) is 10.1 Å². The van der Waals surface area contributed by atoms with Gasteiger partial charge in [-0.3, -0.25) is 0 Å². The highest BCUT2D eigenvalue weighted by molar-refractivity contribution is 7.92. The molecule has 0 bridgehead atoms. The van der Waals surface area contributed by atoms with Crippen molar-refractivity contribution in [2.45, 2.75) is 43.3 Å². The summed E-state index contributed by atoms with van der Waals surface area (Å²) in [6.45, 7) is 4.12. The predicted octanol–water partition coefficient (Wildman–Crippen LogP) is 3.47. The van der Waals surface area contributed by atoms with Crippen LogP contribution in [0.15, 0.2) is 46.9 Å². The Balaban J connectivity index is 2.14. The monoisotopic (exact) mass is 288 g/mol. The molecule has 0 spiro atoms. The van der Waals surface area contributed by atoms with E-state index in [1.54, 1.807) is 0 Å². The minimum absolute atomic E-state index is 0.0928. The summed E-state index contributed by atoms with van der Waals surface area (Å²) in [5, 5.41) is -0.373. The van der Waals surface area contributed by atoms with Crippen molar-refractivity contribution in [2.24, 2.45) is 5.92 Å². The topological polar surface area (TPSA) is 34.1 Å². The zero-order valence-corrected chi connectivity index (χ0v) is 12.8. The van der Waals surface area contributed by atoms with E-state index in [0.717, 1.165) is 36.0 Å². The zero-order valence-electron chi connectivity index (χ0n) is 12.0. The molecule has 20 heavy (non-hydrogen) atoms. The molecule has 1 heterocycles. The summed E-state index contributed by atoms with van der Waals surface area (Å²) >= 11 is 0. The Bertz CT molecular complexity index is 696. The van der Waals surface area contributed by atoms with Gasteiger partial charge in [-0.25, -0.2) is 8.42 Å². The lowest BCUT2D eigenvalue weighted by atomic mass is 9.89. The number of benzene rings is 1. The van der Waals surface area contributed by atoms with E-state index >= 15 is 0 Å². The van der Waals surface area contributed by atoms with Gasteiger partial charge in [0.15, 0.2) is 9.84 Å². The van der Waals surface area contributed by atoms with Gasteiger partial charge in [0.2, 0.25) is 0 Å². The van der Waals surface area contributed by atoms with Crippen LogP contribution in [0, 0.1) is 5.92 Å². The highest BCUT2D eigenvalue weighted by Gasteiger charge is 2.39. The van der Waals surface area contributed by atoms with Gasteiger partial charge in [-0.2, -0.15) is 0 Å². The first-order chi connectivity index (χ1) is 9.56. The quantitative estimate of drug-likeness (QED) is 0.835. The molecule has 2 nitrogen and oxygen atoms in total. The van der Waals surface area contributed by atoms with Gasteiger partial charge in [0.1, 0.15) is 0 Å². The number of fused-ring (bicyclic) bond motifs is 2. The normalized spacial score (nSPS) is 26.6. The Hall–Kier alpha value is -1.35. The van der Waals surface area contributed by atoms with Crippen LogP contribution in [-0.4, -0.2) is 13.7 Å². The number of sulfone groups is 1. The van der Waals surface area contributed by atoms with Crippen molar-refractivity contribution < 1.29 is 8.42 Å². The molecule has 2 unspecified atom stereocenters. The van der Waals surface area contributed by atoms with E-state index in [9.17, 15) is 8.42 Å². The average molecular weight is 288 g/mol. The van der Waals surface area contributed by atoms with Crippen LogP contribution in [0.3, 0.4) is 0 Å². The van der Waals surface area contributed by atoms with E-state index in [-0.39, 0.29) is 11.2 Å². The number of allylic oxidation sites excluding steroid dienone is 3. The first-order valence-electron chi connectivity index (χ1n) is 7.30. The summed E-state index contributed by atoms with van der Waals surface area (Å²) in [5.74, 6) is 0.0928. The Morgan fingerprint density at radius 1 is 1.20 bits per heavy atom. The van der Waals surface area contributed by atoms with Crippen LogP contribution in [0.2, 0.25) is 0 Å². The van der Waals surface area contributed by atoms with E-state index in [2.05, 4.69) is 32.1 Å². The molecule has 1 aliphatic carbocycles. The smallest absolute Gasteiger partial charge is 0.185 e. The van der Waals surface area contributed by atoms with Crippen molar-refractivity contribution in [2.75, 3.05) is 0 Å². The highest BCUT2D eigenvalue weighted by Crippen LogP contribution is 2.38. The summed E-state index contributed by atoms with van der Waals surface area (Å²) in [7, 11) is -3.25. The summed E-state index contributed by atoms with van der Waals surface area (Å²) in [5.41, 5.74) is 3.20. The first-order valence-corrected chi connectivity index (χ1v) is 8.85. The van der Waals surface area contributed by atoms with E-state index < -0.39 is 9.84 Å². The molecule has 0 fully saturated rings. The largest absolute Gasteiger partial charge is 0.223 e. The fourth-order valence-corrected chi connectivity index (χ4v) is 5.27. The van der Waals surface area contributed by atoms with E-state index in [4.69, 9.17) is 0 Å². The third-order valence-corrected chi connectivity index (χ3v) is 6.62. The van der Waals surface area contributed by atoms with Gasteiger partial charge in [-0.15, -0.1) is 0 Å².